The van der Waals surface area contributed by atoms with Gasteiger partial charge in [-0.15, -0.1) is 0 Å². The summed E-state index contributed by atoms with van der Waals surface area (Å²) in [5, 5.41) is 4.08. The number of rotatable bonds is 10. The second-order valence-electron chi connectivity index (χ2n) is 11.7. The standard InChI is InChI=1S/C33H42Cl2N6O2/c1-4-23(2)40-11-13-41(14-12-40)32-6-5-30(21-37-32)43-33-16-26(15-31(38-33)27-17-28(34)19-29(35)18-27)22-39-9-7-25(8-10-39)20-36-24(3)42/h5-6,15-19,21,23,25H,4,7-14,20,22H2,1-3H3,(H,36,42). The van der Waals surface area contributed by atoms with Crippen molar-refractivity contribution < 1.29 is 9.53 Å². The van der Waals surface area contributed by atoms with E-state index in [1.54, 1.807) is 19.2 Å². The molecule has 8 nitrogen and oxygen atoms in total. The molecule has 2 saturated heterocycles. The van der Waals surface area contributed by atoms with Gasteiger partial charge in [0.1, 0.15) is 11.6 Å². The van der Waals surface area contributed by atoms with Crippen molar-refractivity contribution in [2.24, 2.45) is 5.92 Å². The fourth-order valence-electron chi connectivity index (χ4n) is 5.84. The summed E-state index contributed by atoms with van der Waals surface area (Å²) in [6.07, 6.45) is 5.05. The van der Waals surface area contributed by atoms with E-state index in [4.69, 9.17) is 37.9 Å². The first-order valence-corrected chi connectivity index (χ1v) is 16.1. The molecule has 1 unspecified atom stereocenters. The topological polar surface area (TPSA) is 73.8 Å². The number of hydrogen-bond acceptors (Lipinski definition) is 7. The zero-order chi connectivity index (χ0) is 30.3. The lowest BCUT2D eigenvalue weighted by Gasteiger charge is -2.38. The molecular formula is C33H42Cl2N6O2. The first-order chi connectivity index (χ1) is 20.7. The molecule has 0 spiro atoms. The first-order valence-electron chi connectivity index (χ1n) is 15.3. The molecule has 3 aromatic rings. The Morgan fingerprint density at radius 1 is 1.02 bits per heavy atom. The van der Waals surface area contributed by atoms with Crippen LogP contribution in [-0.4, -0.2) is 77.5 Å². The van der Waals surface area contributed by atoms with Gasteiger partial charge < -0.3 is 15.0 Å². The Bertz CT molecular complexity index is 1350. The van der Waals surface area contributed by atoms with Crippen molar-refractivity contribution in [3.8, 4) is 22.9 Å². The van der Waals surface area contributed by atoms with E-state index in [0.29, 0.717) is 33.6 Å². The zero-order valence-electron chi connectivity index (χ0n) is 25.4. The number of piperidine rings is 1. The molecule has 0 aliphatic carbocycles. The molecule has 2 fully saturated rings. The third-order valence-electron chi connectivity index (χ3n) is 8.57. The highest BCUT2D eigenvalue weighted by atomic mass is 35.5. The second kappa shape index (κ2) is 14.7. The van der Waals surface area contributed by atoms with Crippen molar-refractivity contribution in [3.63, 3.8) is 0 Å². The minimum absolute atomic E-state index is 0.0325. The van der Waals surface area contributed by atoms with Crippen LogP contribution in [0.3, 0.4) is 0 Å². The number of nitrogens with zero attached hydrogens (tertiary/aromatic N) is 5. The highest BCUT2D eigenvalue weighted by molar-refractivity contribution is 6.35. The van der Waals surface area contributed by atoms with Gasteiger partial charge in [0.05, 0.1) is 11.9 Å². The van der Waals surface area contributed by atoms with Crippen molar-refractivity contribution in [1.82, 2.24) is 25.1 Å². The molecule has 230 valence electrons. The highest BCUT2D eigenvalue weighted by Gasteiger charge is 2.22. The lowest BCUT2D eigenvalue weighted by molar-refractivity contribution is -0.119. The van der Waals surface area contributed by atoms with Crippen LogP contribution in [0, 0.1) is 5.92 Å². The van der Waals surface area contributed by atoms with Gasteiger partial charge in [0.2, 0.25) is 11.8 Å². The van der Waals surface area contributed by atoms with Crippen molar-refractivity contribution in [2.45, 2.75) is 52.6 Å². The number of amides is 1. The van der Waals surface area contributed by atoms with E-state index in [1.165, 1.54) is 6.42 Å². The molecule has 1 aromatic carbocycles. The van der Waals surface area contributed by atoms with Gasteiger partial charge in [0, 0.05) is 73.9 Å². The van der Waals surface area contributed by atoms with E-state index < -0.39 is 0 Å². The van der Waals surface area contributed by atoms with Crippen LogP contribution in [0.5, 0.6) is 11.6 Å². The summed E-state index contributed by atoms with van der Waals surface area (Å²) in [6.45, 7) is 13.6. The maximum absolute atomic E-state index is 11.3. The normalized spacial score (nSPS) is 17.6. The van der Waals surface area contributed by atoms with Crippen LogP contribution in [0.2, 0.25) is 10.0 Å². The van der Waals surface area contributed by atoms with Gasteiger partial charge >= 0.3 is 0 Å². The molecule has 2 aliphatic heterocycles. The van der Waals surface area contributed by atoms with E-state index >= 15 is 0 Å². The maximum atomic E-state index is 11.3. The highest BCUT2D eigenvalue weighted by Crippen LogP contribution is 2.31. The Kier molecular flexibility index (Phi) is 10.8. The van der Waals surface area contributed by atoms with Crippen LogP contribution in [0.4, 0.5) is 5.82 Å². The second-order valence-corrected chi connectivity index (χ2v) is 12.6. The number of nitrogens with one attached hydrogen (secondary N) is 1. The predicted molar refractivity (Wildman–Crippen MR) is 174 cm³/mol. The fourth-order valence-corrected chi connectivity index (χ4v) is 6.36. The Labute approximate surface area is 265 Å². The number of carbonyl (C=O) groups excluding carboxylic acids is 1. The van der Waals surface area contributed by atoms with Crippen LogP contribution in [-0.2, 0) is 11.3 Å². The Balaban J connectivity index is 1.29. The zero-order valence-corrected chi connectivity index (χ0v) is 26.9. The van der Waals surface area contributed by atoms with Crippen LogP contribution < -0.4 is 15.0 Å². The fraction of sp³-hybridized carbons (Fsp3) is 0.485. The van der Waals surface area contributed by atoms with Gasteiger partial charge in [-0.05, 0) is 87.2 Å². The molecule has 0 radical (unpaired) electrons. The van der Waals surface area contributed by atoms with Crippen LogP contribution in [0.15, 0.2) is 48.7 Å². The largest absolute Gasteiger partial charge is 0.437 e. The SMILES string of the molecule is CCC(C)N1CCN(c2ccc(Oc3cc(CN4CCC(CNC(C)=O)CC4)cc(-c4cc(Cl)cc(Cl)c4)n3)cn2)CC1. The first kappa shape index (κ1) is 31.5. The summed E-state index contributed by atoms with van der Waals surface area (Å²) in [6, 6.07) is 14.1. The molecule has 2 aliphatic rings. The van der Waals surface area contributed by atoms with Crippen LogP contribution in [0.1, 0.15) is 45.6 Å². The summed E-state index contributed by atoms with van der Waals surface area (Å²) < 4.78 is 6.28. The average Bonchev–Trinajstić information content (AvgIpc) is 3.00. The lowest BCUT2D eigenvalue weighted by atomic mass is 9.96. The van der Waals surface area contributed by atoms with Gasteiger partial charge in [-0.2, -0.15) is 0 Å². The van der Waals surface area contributed by atoms with Gasteiger partial charge in [0.15, 0.2) is 0 Å². The number of carbonyl (C=O) groups is 1. The van der Waals surface area contributed by atoms with E-state index in [-0.39, 0.29) is 5.91 Å². The number of aromatic nitrogens is 2. The minimum Gasteiger partial charge on any atom is -0.437 e. The van der Waals surface area contributed by atoms with Crippen molar-refractivity contribution in [2.75, 3.05) is 50.7 Å². The molecule has 1 atom stereocenters. The molecule has 0 saturated carbocycles. The summed E-state index contributed by atoms with van der Waals surface area (Å²) in [4.78, 5) is 28.2. The lowest BCUT2D eigenvalue weighted by Crippen LogP contribution is -2.49. The summed E-state index contributed by atoms with van der Waals surface area (Å²) in [5.41, 5.74) is 2.68. The van der Waals surface area contributed by atoms with Crippen LogP contribution >= 0.6 is 23.2 Å². The predicted octanol–water partition coefficient (Wildman–Crippen LogP) is 6.51. The molecule has 1 N–H and O–H groups in total. The summed E-state index contributed by atoms with van der Waals surface area (Å²) in [5.74, 6) is 2.65. The van der Waals surface area contributed by atoms with Gasteiger partial charge in [-0.25, -0.2) is 9.97 Å². The number of hydrogen-bond donors (Lipinski definition) is 1. The third kappa shape index (κ3) is 8.82. The quantitative estimate of drug-likeness (QED) is 0.275. The molecule has 43 heavy (non-hydrogen) atoms. The average molecular weight is 626 g/mol. The van der Waals surface area contributed by atoms with Crippen molar-refractivity contribution in [1.29, 1.82) is 0 Å². The number of anilines is 1. The molecule has 2 aromatic heterocycles. The van der Waals surface area contributed by atoms with E-state index in [1.807, 2.05) is 30.3 Å². The minimum atomic E-state index is 0.0325. The number of halogens is 2. The Morgan fingerprint density at radius 2 is 1.74 bits per heavy atom. The van der Waals surface area contributed by atoms with E-state index in [2.05, 4.69) is 39.9 Å². The van der Waals surface area contributed by atoms with Crippen molar-refractivity contribution >= 4 is 34.9 Å². The Morgan fingerprint density at radius 3 is 2.37 bits per heavy atom. The summed E-state index contributed by atoms with van der Waals surface area (Å²) in [7, 11) is 0. The van der Waals surface area contributed by atoms with Crippen molar-refractivity contribution in [3.05, 3.63) is 64.3 Å². The van der Waals surface area contributed by atoms with Gasteiger partial charge in [0.25, 0.3) is 0 Å². The Hall–Kier alpha value is -2.91. The third-order valence-corrected chi connectivity index (χ3v) is 9.00. The molecule has 10 heteroatoms. The molecule has 4 heterocycles. The van der Waals surface area contributed by atoms with Gasteiger partial charge in [-0.1, -0.05) is 30.1 Å². The number of pyridine rings is 2. The molecule has 0 bridgehead atoms. The molecule has 5 rings (SSSR count). The van der Waals surface area contributed by atoms with E-state index in [0.717, 1.165) is 87.8 Å². The number of benzene rings is 1. The monoisotopic (exact) mass is 624 g/mol. The van der Waals surface area contributed by atoms with Crippen LogP contribution in [0.25, 0.3) is 11.3 Å². The summed E-state index contributed by atoms with van der Waals surface area (Å²) >= 11 is 12.7. The molecule has 1 amide bonds. The number of ether oxygens (including phenoxy) is 1. The molecular weight excluding hydrogens is 583 g/mol. The van der Waals surface area contributed by atoms with Gasteiger partial charge in [-0.3, -0.25) is 14.6 Å². The number of piperazine rings is 1. The number of likely N-dealkylation sites (tertiary alicyclic amines) is 1. The van der Waals surface area contributed by atoms with E-state index in [9.17, 15) is 4.79 Å². The smallest absolute Gasteiger partial charge is 0.220 e. The maximum Gasteiger partial charge on any atom is 0.220 e.